The number of nitrogens with one attached hydrogen (secondary N) is 2. The summed E-state index contributed by atoms with van der Waals surface area (Å²) in [6.07, 6.45) is 3.25. The second kappa shape index (κ2) is 7.40. The first-order valence-corrected chi connectivity index (χ1v) is 11.4. The molecule has 0 bridgehead atoms. The molecule has 7 heteroatoms. The molecule has 1 aliphatic heterocycles. The van der Waals surface area contributed by atoms with Crippen LogP contribution >= 0.6 is 0 Å². The summed E-state index contributed by atoms with van der Waals surface area (Å²) >= 11 is 0. The number of fused-ring (bicyclic) bond motifs is 1. The molecule has 0 radical (unpaired) electrons. The summed E-state index contributed by atoms with van der Waals surface area (Å²) in [7, 11) is -4.12. The van der Waals surface area contributed by atoms with E-state index in [1.54, 1.807) is 19.1 Å². The molecule has 30 heavy (non-hydrogen) atoms. The molecule has 2 aromatic rings. The minimum absolute atomic E-state index is 0.0316. The molecule has 0 spiro atoms. The van der Waals surface area contributed by atoms with Gasteiger partial charge in [-0.1, -0.05) is 55.5 Å². The number of carbonyl (C=O) groups excluding carboxylic acids is 2. The van der Waals surface area contributed by atoms with E-state index < -0.39 is 21.3 Å². The molecule has 2 N–H and O–H groups in total. The monoisotopic (exact) mass is 424 g/mol. The summed E-state index contributed by atoms with van der Waals surface area (Å²) in [5.74, 6) is -1.09. The van der Waals surface area contributed by atoms with Gasteiger partial charge in [0.2, 0.25) is 11.8 Å². The Kier molecular flexibility index (Phi) is 5.02. The van der Waals surface area contributed by atoms with Crippen molar-refractivity contribution in [2.24, 2.45) is 17.3 Å². The molecule has 1 unspecified atom stereocenters. The SMILES string of the molecule is C=C[C@@H]1C[C@]1(C)C(=O)NS(=O)(=O)c1cccc2c1NC(=O)C(Cc1ccccc1)C2. The van der Waals surface area contributed by atoms with Crippen LogP contribution in [0.5, 0.6) is 0 Å². The Labute approximate surface area is 176 Å². The van der Waals surface area contributed by atoms with Crippen molar-refractivity contribution in [1.29, 1.82) is 0 Å². The zero-order chi connectivity index (χ0) is 21.5. The maximum atomic E-state index is 13.0. The Bertz CT molecular complexity index is 1130. The van der Waals surface area contributed by atoms with E-state index in [0.717, 1.165) is 11.1 Å². The molecule has 2 aliphatic rings. The fraction of sp³-hybridized carbons (Fsp3) is 0.304. The average Bonchev–Trinajstić information content (AvgIpc) is 3.40. The van der Waals surface area contributed by atoms with Crippen LogP contribution in [0, 0.1) is 17.3 Å². The summed E-state index contributed by atoms with van der Waals surface area (Å²) in [5.41, 5.74) is 1.29. The van der Waals surface area contributed by atoms with Crippen LogP contribution in [-0.2, 0) is 32.5 Å². The van der Waals surface area contributed by atoms with Gasteiger partial charge in [0.15, 0.2) is 0 Å². The molecule has 1 fully saturated rings. The van der Waals surface area contributed by atoms with Gasteiger partial charge in [0.1, 0.15) is 4.90 Å². The Morgan fingerprint density at radius 3 is 2.63 bits per heavy atom. The van der Waals surface area contributed by atoms with Crippen LogP contribution in [0.1, 0.15) is 24.5 Å². The van der Waals surface area contributed by atoms with Gasteiger partial charge in [0.25, 0.3) is 10.0 Å². The van der Waals surface area contributed by atoms with E-state index in [0.29, 0.717) is 19.3 Å². The number of hydrogen-bond acceptors (Lipinski definition) is 4. The van der Waals surface area contributed by atoms with Crippen LogP contribution < -0.4 is 10.0 Å². The Morgan fingerprint density at radius 2 is 1.97 bits per heavy atom. The van der Waals surface area contributed by atoms with Gasteiger partial charge >= 0.3 is 0 Å². The first-order valence-electron chi connectivity index (χ1n) is 9.91. The largest absolute Gasteiger partial charge is 0.324 e. The second-order valence-corrected chi connectivity index (χ2v) is 9.92. The van der Waals surface area contributed by atoms with Crippen molar-refractivity contribution in [3.8, 4) is 0 Å². The standard InChI is InChI=1S/C23H24N2O4S/c1-3-18-14-23(18,2)22(27)25-30(28,29)19-11-7-10-16-13-17(21(26)24-20(16)19)12-15-8-5-4-6-9-15/h3-11,17-18H,1,12-14H2,2H3,(H,24,26)(H,25,27)/t17?,18-,23+/m1/s1. The summed E-state index contributed by atoms with van der Waals surface area (Å²) < 4.78 is 28.1. The van der Waals surface area contributed by atoms with Crippen LogP contribution in [0.4, 0.5) is 5.69 Å². The topological polar surface area (TPSA) is 92.3 Å². The maximum absolute atomic E-state index is 13.0. The predicted molar refractivity (Wildman–Crippen MR) is 114 cm³/mol. The van der Waals surface area contributed by atoms with E-state index in [1.807, 2.05) is 36.4 Å². The van der Waals surface area contributed by atoms with Crippen LogP contribution in [0.15, 0.2) is 66.1 Å². The van der Waals surface area contributed by atoms with Gasteiger partial charge in [0.05, 0.1) is 11.1 Å². The molecular weight excluding hydrogens is 400 g/mol. The number of rotatable bonds is 6. The fourth-order valence-electron chi connectivity index (χ4n) is 4.06. The average molecular weight is 425 g/mol. The van der Waals surface area contributed by atoms with E-state index in [9.17, 15) is 18.0 Å². The molecule has 1 saturated carbocycles. The van der Waals surface area contributed by atoms with Gasteiger partial charge in [-0.2, -0.15) is 0 Å². The van der Waals surface area contributed by atoms with Crippen molar-refractivity contribution in [3.05, 3.63) is 72.3 Å². The maximum Gasteiger partial charge on any atom is 0.266 e. The highest BCUT2D eigenvalue weighted by Crippen LogP contribution is 2.53. The van der Waals surface area contributed by atoms with Crippen LogP contribution in [-0.4, -0.2) is 20.2 Å². The Morgan fingerprint density at radius 1 is 1.23 bits per heavy atom. The lowest BCUT2D eigenvalue weighted by Gasteiger charge is -2.26. The molecule has 6 nitrogen and oxygen atoms in total. The van der Waals surface area contributed by atoms with E-state index >= 15 is 0 Å². The van der Waals surface area contributed by atoms with Crippen molar-refractivity contribution >= 4 is 27.5 Å². The van der Waals surface area contributed by atoms with Crippen molar-refractivity contribution in [2.45, 2.75) is 31.1 Å². The minimum Gasteiger partial charge on any atom is -0.324 e. The number of allylic oxidation sites excluding steroid dienone is 1. The van der Waals surface area contributed by atoms with Gasteiger partial charge in [-0.3, -0.25) is 9.59 Å². The highest BCUT2D eigenvalue weighted by molar-refractivity contribution is 7.90. The van der Waals surface area contributed by atoms with Crippen LogP contribution in [0.3, 0.4) is 0 Å². The lowest BCUT2D eigenvalue weighted by atomic mass is 9.88. The molecule has 1 aliphatic carbocycles. The first-order chi connectivity index (χ1) is 14.2. The van der Waals surface area contributed by atoms with Crippen LogP contribution in [0.25, 0.3) is 0 Å². The number of amides is 2. The minimum atomic E-state index is -4.12. The van der Waals surface area contributed by atoms with Gasteiger partial charge in [0, 0.05) is 5.92 Å². The third-order valence-corrected chi connectivity index (χ3v) is 7.52. The molecule has 0 aromatic heterocycles. The number of anilines is 1. The number of sulfonamides is 1. The van der Waals surface area contributed by atoms with Gasteiger partial charge in [-0.25, -0.2) is 13.1 Å². The van der Waals surface area contributed by atoms with Crippen molar-refractivity contribution < 1.29 is 18.0 Å². The van der Waals surface area contributed by atoms with Crippen molar-refractivity contribution in [1.82, 2.24) is 4.72 Å². The van der Waals surface area contributed by atoms with E-state index in [-0.39, 0.29) is 28.3 Å². The summed E-state index contributed by atoms with van der Waals surface area (Å²) in [6, 6.07) is 14.6. The third kappa shape index (κ3) is 3.65. The van der Waals surface area contributed by atoms with E-state index in [4.69, 9.17) is 0 Å². The molecule has 156 valence electrons. The van der Waals surface area contributed by atoms with Crippen LogP contribution in [0.2, 0.25) is 0 Å². The molecular formula is C23H24N2O4S. The van der Waals surface area contributed by atoms with Gasteiger partial charge < -0.3 is 5.32 Å². The molecule has 1 heterocycles. The molecule has 2 aromatic carbocycles. The van der Waals surface area contributed by atoms with E-state index in [1.165, 1.54) is 6.07 Å². The lowest BCUT2D eigenvalue weighted by molar-refractivity contribution is -0.124. The normalized spacial score (nSPS) is 25.0. The van der Waals surface area contributed by atoms with Crippen molar-refractivity contribution in [3.63, 3.8) is 0 Å². The molecule has 3 atom stereocenters. The second-order valence-electron chi connectivity index (χ2n) is 8.27. The summed E-state index contributed by atoms with van der Waals surface area (Å²) in [5, 5.41) is 2.77. The number of benzene rings is 2. The first kappa shape index (κ1) is 20.3. The molecule has 2 amide bonds. The third-order valence-electron chi connectivity index (χ3n) is 6.14. The zero-order valence-electron chi connectivity index (χ0n) is 16.7. The fourth-order valence-corrected chi connectivity index (χ4v) is 5.35. The smallest absolute Gasteiger partial charge is 0.266 e. The summed E-state index contributed by atoms with van der Waals surface area (Å²) in [4.78, 5) is 25.2. The predicted octanol–water partition coefficient (Wildman–Crippen LogP) is 3.06. The Balaban J connectivity index is 1.57. The quantitative estimate of drug-likeness (QED) is 0.697. The molecule has 4 rings (SSSR count). The number of carbonyl (C=O) groups is 2. The highest BCUT2D eigenvalue weighted by Gasteiger charge is 2.55. The van der Waals surface area contributed by atoms with Gasteiger partial charge in [-0.05, 0) is 42.4 Å². The highest BCUT2D eigenvalue weighted by atomic mass is 32.2. The van der Waals surface area contributed by atoms with Crippen molar-refractivity contribution in [2.75, 3.05) is 5.32 Å². The lowest BCUT2D eigenvalue weighted by Crippen LogP contribution is -2.38. The van der Waals surface area contributed by atoms with Gasteiger partial charge in [-0.15, -0.1) is 6.58 Å². The molecule has 0 saturated heterocycles. The zero-order valence-corrected chi connectivity index (χ0v) is 17.5. The summed E-state index contributed by atoms with van der Waals surface area (Å²) in [6.45, 7) is 5.40. The number of hydrogen-bond donors (Lipinski definition) is 2. The van der Waals surface area contributed by atoms with E-state index in [2.05, 4.69) is 16.6 Å². The number of para-hydroxylation sites is 1. The Hall–Kier alpha value is -2.93.